The van der Waals surface area contributed by atoms with Crippen molar-refractivity contribution < 1.29 is 18.3 Å². The van der Waals surface area contributed by atoms with E-state index in [9.17, 15) is 13.2 Å². The standard InChI is InChI=1S/C7H8N2O4S/c1-4-2-5(7(10)11)6(9-3-4)14(8,12)13/h2-3H,1H3,(H,10,11)(H2,8,12,13). The minimum absolute atomic E-state index is 0.410. The summed E-state index contributed by atoms with van der Waals surface area (Å²) >= 11 is 0. The summed E-state index contributed by atoms with van der Waals surface area (Å²) in [4.78, 5) is 14.1. The van der Waals surface area contributed by atoms with Crippen LogP contribution in [0.25, 0.3) is 0 Å². The van der Waals surface area contributed by atoms with E-state index in [1.807, 2.05) is 0 Å². The van der Waals surface area contributed by atoms with E-state index < -0.39 is 26.6 Å². The molecule has 0 radical (unpaired) electrons. The molecule has 0 saturated heterocycles. The van der Waals surface area contributed by atoms with Crippen LogP contribution in [0.1, 0.15) is 15.9 Å². The van der Waals surface area contributed by atoms with Crippen LogP contribution in [0.5, 0.6) is 0 Å². The highest BCUT2D eigenvalue weighted by molar-refractivity contribution is 7.89. The van der Waals surface area contributed by atoms with Crippen molar-refractivity contribution >= 4 is 16.0 Å². The maximum Gasteiger partial charge on any atom is 0.338 e. The van der Waals surface area contributed by atoms with Crippen LogP contribution in [0.3, 0.4) is 0 Å². The highest BCUT2D eigenvalue weighted by atomic mass is 32.2. The Morgan fingerprint density at radius 3 is 2.57 bits per heavy atom. The SMILES string of the molecule is Cc1cnc(S(N)(=O)=O)c(C(=O)O)c1. The van der Waals surface area contributed by atoms with Gasteiger partial charge in [0.05, 0.1) is 5.56 Å². The molecule has 1 heterocycles. The number of sulfonamides is 1. The topological polar surface area (TPSA) is 110 Å². The second-order valence-electron chi connectivity index (χ2n) is 2.72. The third-order valence-corrected chi connectivity index (χ3v) is 2.35. The van der Waals surface area contributed by atoms with Crippen molar-refractivity contribution in [2.45, 2.75) is 11.9 Å². The molecule has 0 bridgehead atoms. The zero-order valence-corrected chi connectivity index (χ0v) is 8.08. The summed E-state index contributed by atoms with van der Waals surface area (Å²) in [5.41, 5.74) is 0.141. The lowest BCUT2D eigenvalue weighted by molar-refractivity contribution is 0.0691. The van der Waals surface area contributed by atoms with Gasteiger partial charge in [0.15, 0.2) is 5.03 Å². The van der Waals surface area contributed by atoms with Crippen LogP contribution < -0.4 is 5.14 Å². The van der Waals surface area contributed by atoms with E-state index in [-0.39, 0.29) is 0 Å². The molecule has 1 aromatic heterocycles. The van der Waals surface area contributed by atoms with Gasteiger partial charge >= 0.3 is 5.97 Å². The van der Waals surface area contributed by atoms with E-state index in [0.717, 1.165) is 0 Å². The number of rotatable bonds is 2. The minimum atomic E-state index is -4.09. The van der Waals surface area contributed by atoms with Gasteiger partial charge in [-0.15, -0.1) is 0 Å². The molecule has 6 nitrogen and oxygen atoms in total. The summed E-state index contributed by atoms with van der Waals surface area (Å²) < 4.78 is 21.8. The molecule has 0 amide bonds. The molecule has 0 aliphatic carbocycles. The van der Waals surface area contributed by atoms with E-state index in [4.69, 9.17) is 10.2 Å². The highest BCUT2D eigenvalue weighted by Gasteiger charge is 2.20. The van der Waals surface area contributed by atoms with E-state index in [1.54, 1.807) is 6.92 Å². The fraction of sp³-hybridized carbons (Fsp3) is 0.143. The highest BCUT2D eigenvalue weighted by Crippen LogP contribution is 2.12. The fourth-order valence-corrected chi connectivity index (χ4v) is 1.59. The maximum absolute atomic E-state index is 10.9. The molecular weight excluding hydrogens is 208 g/mol. The third kappa shape index (κ3) is 2.06. The van der Waals surface area contributed by atoms with Crippen molar-refractivity contribution in [1.82, 2.24) is 4.98 Å². The van der Waals surface area contributed by atoms with Crippen LogP contribution >= 0.6 is 0 Å². The minimum Gasteiger partial charge on any atom is -0.478 e. The second-order valence-corrected chi connectivity index (χ2v) is 4.19. The summed E-state index contributed by atoms with van der Waals surface area (Å²) in [6, 6.07) is 1.20. The van der Waals surface area contributed by atoms with Gasteiger partial charge in [0, 0.05) is 6.20 Å². The molecule has 0 aliphatic rings. The number of primary sulfonamides is 1. The number of carboxylic acids is 1. The number of aromatic nitrogens is 1. The van der Waals surface area contributed by atoms with Crippen LogP contribution in [-0.2, 0) is 10.0 Å². The van der Waals surface area contributed by atoms with Gasteiger partial charge < -0.3 is 5.11 Å². The Bertz CT molecular complexity index is 480. The first-order valence-corrected chi connectivity index (χ1v) is 5.10. The van der Waals surface area contributed by atoms with Gasteiger partial charge in [0.25, 0.3) is 10.0 Å². The maximum atomic E-state index is 10.9. The van der Waals surface area contributed by atoms with Gasteiger partial charge in [-0.3, -0.25) is 0 Å². The first kappa shape index (κ1) is 10.6. The number of hydrogen-bond donors (Lipinski definition) is 2. The van der Waals surface area contributed by atoms with E-state index in [2.05, 4.69) is 4.98 Å². The zero-order chi connectivity index (χ0) is 10.9. The molecule has 76 valence electrons. The molecule has 1 rings (SSSR count). The predicted octanol–water partition coefficient (Wildman–Crippen LogP) is -0.264. The second kappa shape index (κ2) is 3.35. The van der Waals surface area contributed by atoms with Crippen LogP contribution in [0.4, 0.5) is 0 Å². The van der Waals surface area contributed by atoms with Crippen LogP contribution in [-0.4, -0.2) is 24.5 Å². The van der Waals surface area contributed by atoms with Gasteiger partial charge in [-0.2, -0.15) is 0 Å². The Morgan fingerprint density at radius 2 is 2.14 bits per heavy atom. The molecule has 0 unspecified atom stereocenters. The Kier molecular flexibility index (Phi) is 2.54. The van der Waals surface area contributed by atoms with Gasteiger partial charge in [0.1, 0.15) is 0 Å². The Balaban J connectivity index is 3.53. The average Bonchev–Trinajstić information content (AvgIpc) is 2.01. The molecule has 0 saturated carbocycles. The summed E-state index contributed by atoms with van der Waals surface area (Å²) in [7, 11) is -4.09. The molecule has 0 aliphatic heterocycles. The summed E-state index contributed by atoms with van der Waals surface area (Å²) in [6.07, 6.45) is 1.24. The summed E-state index contributed by atoms with van der Waals surface area (Å²) in [5.74, 6) is -1.37. The van der Waals surface area contributed by atoms with Crippen molar-refractivity contribution in [3.63, 3.8) is 0 Å². The lowest BCUT2D eigenvalue weighted by Crippen LogP contribution is -2.18. The molecule has 7 heteroatoms. The van der Waals surface area contributed by atoms with Gasteiger partial charge in [-0.25, -0.2) is 23.3 Å². The van der Waals surface area contributed by atoms with Gasteiger partial charge in [0.2, 0.25) is 0 Å². The number of nitrogens with zero attached hydrogens (tertiary/aromatic N) is 1. The average molecular weight is 216 g/mol. The summed E-state index contributed by atoms with van der Waals surface area (Å²) in [6.45, 7) is 1.60. The van der Waals surface area contributed by atoms with E-state index in [1.165, 1.54) is 12.3 Å². The lowest BCUT2D eigenvalue weighted by atomic mass is 10.2. The molecule has 3 N–H and O–H groups in total. The zero-order valence-electron chi connectivity index (χ0n) is 7.26. The quantitative estimate of drug-likeness (QED) is 0.707. The molecule has 14 heavy (non-hydrogen) atoms. The van der Waals surface area contributed by atoms with Crippen molar-refractivity contribution in [1.29, 1.82) is 0 Å². The van der Waals surface area contributed by atoms with Crippen LogP contribution in [0.2, 0.25) is 0 Å². The lowest BCUT2D eigenvalue weighted by Gasteiger charge is -2.02. The summed E-state index contributed by atoms with van der Waals surface area (Å²) in [5, 5.41) is 12.9. The first-order chi connectivity index (χ1) is 6.32. The van der Waals surface area contributed by atoms with Crippen molar-refractivity contribution in [3.05, 3.63) is 23.4 Å². The van der Waals surface area contributed by atoms with Crippen molar-refractivity contribution in [3.8, 4) is 0 Å². The normalized spacial score (nSPS) is 11.3. The van der Waals surface area contributed by atoms with Crippen LogP contribution in [0.15, 0.2) is 17.3 Å². The molecule has 0 spiro atoms. The molecule has 0 fully saturated rings. The van der Waals surface area contributed by atoms with E-state index in [0.29, 0.717) is 5.56 Å². The van der Waals surface area contributed by atoms with Crippen molar-refractivity contribution in [2.24, 2.45) is 5.14 Å². The van der Waals surface area contributed by atoms with E-state index >= 15 is 0 Å². The monoisotopic (exact) mass is 216 g/mol. The fourth-order valence-electron chi connectivity index (χ4n) is 0.937. The molecular formula is C7H8N2O4S. The predicted molar refractivity (Wildman–Crippen MR) is 47.3 cm³/mol. The van der Waals surface area contributed by atoms with Crippen LogP contribution in [0, 0.1) is 6.92 Å². The Morgan fingerprint density at radius 1 is 1.57 bits per heavy atom. The molecule has 0 aromatic carbocycles. The number of pyridine rings is 1. The largest absolute Gasteiger partial charge is 0.478 e. The number of aryl methyl sites for hydroxylation is 1. The number of aromatic carboxylic acids is 1. The number of carboxylic acid groups (broad SMARTS) is 1. The smallest absolute Gasteiger partial charge is 0.338 e. The Labute approximate surface area is 80.4 Å². The molecule has 1 aromatic rings. The van der Waals surface area contributed by atoms with Gasteiger partial charge in [-0.1, -0.05) is 0 Å². The van der Waals surface area contributed by atoms with Gasteiger partial charge in [-0.05, 0) is 18.6 Å². The Hall–Kier alpha value is -1.47. The third-order valence-electron chi connectivity index (χ3n) is 1.49. The number of nitrogens with two attached hydrogens (primary N) is 1. The first-order valence-electron chi connectivity index (χ1n) is 3.55. The molecule has 0 atom stereocenters. The van der Waals surface area contributed by atoms with Crippen molar-refractivity contribution in [2.75, 3.05) is 0 Å². The number of hydrogen-bond acceptors (Lipinski definition) is 4. The number of carbonyl (C=O) groups is 1.